The molecule has 6 nitrogen and oxygen atoms in total. The van der Waals surface area contributed by atoms with Gasteiger partial charge >= 0.3 is 13.5 Å². The van der Waals surface area contributed by atoms with Crippen molar-refractivity contribution in [2.24, 2.45) is 0 Å². The summed E-state index contributed by atoms with van der Waals surface area (Å²) in [7, 11) is -3.20. The van der Waals surface area contributed by atoms with Crippen molar-refractivity contribution in [2.75, 3.05) is 13.3 Å². The van der Waals surface area contributed by atoms with Crippen molar-refractivity contribution >= 4 is 13.5 Å². The van der Waals surface area contributed by atoms with Crippen LogP contribution in [0.1, 0.15) is 20.8 Å². The average Bonchev–Trinajstić information content (AvgIpc) is 2.35. The standard InChI is InChI=1S/C14H22NO5P/c1-11(13(16)19-10-14(2,3)17)15-21(4,18)20-12-8-6-5-7-9-12/h5-9,11,17H,10H2,1-4H3,(H,15,18)/t11-,21?/m0/s1. The molecule has 21 heavy (non-hydrogen) atoms. The van der Waals surface area contributed by atoms with Gasteiger partial charge < -0.3 is 14.4 Å². The summed E-state index contributed by atoms with van der Waals surface area (Å²) in [6, 6.07) is 7.88. The molecule has 1 unspecified atom stereocenters. The lowest BCUT2D eigenvalue weighted by Crippen LogP contribution is -2.37. The quantitative estimate of drug-likeness (QED) is 0.592. The Bertz CT molecular complexity index is 512. The molecule has 0 aliphatic carbocycles. The molecule has 118 valence electrons. The lowest BCUT2D eigenvalue weighted by atomic mass is 10.2. The molecule has 0 aliphatic heterocycles. The highest BCUT2D eigenvalue weighted by molar-refractivity contribution is 7.56. The lowest BCUT2D eigenvalue weighted by Gasteiger charge is -2.22. The van der Waals surface area contributed by atoms with E-state index in [-0.39, 0.29) is 6.61 Å². The van der Waals surface area contributed by atoms with Gasteiger partial charge in [0.15, 0.2) is 0 Å². The first-order chi connectivity index (χ1) is 9.59. The van der Waals surface area contributed by atoms with Crippen LogP contribution in [-0.4, -0.2) is 36.0 Å². The van der Waals surface area contributed by atoms with Gasteiger partial charge in [0.1, 0.15) is 18.4 Å². The molecule has 2 atom stereocenters. The molecule has 1 aromatic rings. The Kier molecular flexibility index (Phi) is 5.96. The van der Waals surface area contributed by atoms with Crippen LogP contribution in [0.3, 0.4) is 0 Å². The first kappa shape index (κ1) is 17.7. The molecule has 0 spiro atoms. The summed E-state index contributed by atoms with van der Waals surface area (Å²) in [5.74, 6) is -0.149. The fourth-order valence-electron chi connectivity index (χ4n) is 1.49. The van der Waals surface area contributed by atoms with Gasteiger partial charge in [-0.15, -0.1) is 0 Å². The number of nitrogens with one attached hydrogen (secondary N) is 1. The first-order valence-electron chi connectivity index (χ1n) is 6.58. The van der Waals surface area contributed by atoms with Crippen molar-refractivity contribution in [2.45, 2.75) is 32.4 Å². The topological polar surface area (TPSA) is 84.9 Å². The Labute approximate surface area is 125 Å². The number of hydrogen-bond acceptors (Lipinski definition) is 5. The zero-order chi connectivity index (χ0) is 16.1. The molecule has 0 amide bonds. The highest BCUT2D eigenvalue weighted by Gasteiger charge is 2.26. The summed E-state index contributed by atoms with van der Waals surface area (Å²) >= 11 is 0. The van der Waals surface area contributed by atoms with Crippen molar-refractivity contribution in [3.63, 3.8) is 0 Å². The van der Waals surface area contributed by atoms with E-state index in [0.29, 0.717) is 5.75 Å². The van der Waals surface area contributed by atoms with Crippen LogP contribution in [0.4, 0.5) is 0 Å². The van der Waals surface area contributed by atoms with Gasteiger partial charge in [-0.05, 0) is 32.9 Å². The molecular formula is C14H22NO5P. The molecule has 0 bridgehead atoms. The number of aliphatic hydroxyl groups is 1. The van der Waals surface area contributed by atoms with Crippen molar-refractivity contribution in [3.05, 3.63) is 30.3 Å². The van der Waals surface area contributed by atoms with Crippen molar-refractivity contribution in [1.82, 2.24) is 5.09 Å². The van der Waals surface area contributed by atoms with E-state index in [2.05, 4.69) is 5.09 Å². The van der Waals surface area contributed by atoms with Crippen LogP contribution in [0.2, 0.25) is 0 Å². The van der Waals surface area contributed by atoms with Gasteiger partial charge in [0.05, 0.1) is 5.60 Å². The van der Waals surface area contributed by atoms with E-state index in [1.165, 1.54) is 27.4 Å². The minimum absolute atomic E-state index is 0.134. The Balaban J connectivity index is 2.54. The van der Waals surface area contributed by atoms with E-state index in [1.807, 2.05) is 6.07 Å². The number of ether oxygens (including phenoxy) is 1. The fraction of sp³-hybridized carbons (Fsp3) is 0.500. The second kappa shape index (κ2) is 7.07. The molecule has 0 fully saturated rings. The molecule has 0 heterocycles. The second-order valence-corrected chi connectivity index (χ2v) is 7.65. The minimum Gasteiger partial charge on any atom is -0.461 e. The molecule has 0 aliphatic rings. The molecule has 7 heteroatoms. The molecule has 0 aromatic heterocycles. The van der Waals surface area contributed by atoms with Crippen LogP contribution in [0.5, 0.6) is 5.75 Å². The van der Waals surface area contributed by atoms with Crippen LogP contribution < -0.4 is 9.61 Å². The Morgan fingerprint density at radius 2 is 1.95 bits per heavy atom. The second-order valence-electron chi connectivity index (χ2n) is 5.52. The normalized spacial score (nSPS) is 15.9. The average molecular weight is 315 g/mol. The summed E-state index contributed by atoms with van der Waals surface area (Å²) in [4.78, 5) is 11.7. The van der Waals surface area contributed by atoms with E-state index in [0.717, 1.165) is 0 Å². The van der Waals surface area contributed by atoms with Crippen LogP contribution in [0.25, 0.3) is 0 Å². The predicted molar refractivity (Wildman–Crippen MR) is 80.5 cm³/mol. The van der Waals surface area contributed by atoms with Crippen LogP contribution in [0, 0.1) is 0 Å². The smallest absolute Gasteiger partial charge is 0.323 e. The predicted octanol–water partition coefficient (Wildman–Crippen LogP) is 2.18. The van der Waals surface area contributed by atoms with E-state index in [4.69, 9.17) is 9.26 Å². The summed E-state index contributed by atoms with van der Waals surface area (Å²) in [5.41, 5.74) is -1.11. The summed E-state index contributed by atoms with van der Waals surface area (Å²) in [6.45, 7) is 5.84. The number of esters is 1. The minimum atomic E-state index is -3.20. The highest BCUT2D eigenvalue weighted by atomic mass is 31.2. The van der Waals surface area contributed by atoms with E-state index >= 15 is 0 Å². The summed E-state index contributed by atoms with van der Waals surface area (Å²) in [6.07, 6.45) is 0. The van der Waals surface area contributed by atoms with Gasteiger partial charge in [-0.3, -0.25) is 9.36 Å². The van der Waals surface area contributed by atoms with Crippen molar-refractivity contribution < 1.29 is 23.7 Å². The van der Waals surface area contributed by atoms with Gasteiger partial charge in [0.25, 0.3) is 0 Å². The van der Waals surface area contributed by atoms with Gasteiger partial charge in [-0.2, -0.15) is 0 Å². The van der Waals surface area contributed by atoms with Crippen LogP contribution in [0.15, 0.2) is 30.3 Å². The third-order valence-electron chi connectivity index (χ3n) is 2.37. The number of carbonyl (C=O) groups is 1. The zero-order valence-corrected chi connectivity index (χ0v) is 13.6. The number of rotatable bonds is 7. The van der Waals surface area contributed by atoms with Gasteiger partial charge in [0.2, 0.25) is 0 Å². The highest BCUT2D eigenvalue weighted by Crippen LogP contribution is 2.39. The first-order valence-corrected chi connectivity index (χ1v) is 8.65. The van der Waals surface area contributed by atoms with Gasteiger partial charge in [0, 0.05) is 6.66 Å². The summed E-state index contributed by atoms with van der Waals surface area (Å²) < 4.78 is 22.6. The Morgan fingerprint density at radius 1 is 1.38 bits per heavy atom. The molecule has 1 rings (SSSR count). The molecular weight excluding hydrogens is 293 g/mol. The third-order valence-corrected chi connectivity index (χ3v) is 3.79. The van der Waals surface area contributed by atoms with Crippen molar-refractivity contribution in [3.8, 4) is 5.75 Å². The van der Waals surface area contributed by atoms with Crippen LogP contribution in [-0.2, 0) is 14.1 Å². The van der Waals surface area contributed by atoms with E-state index in [1.54, 1.807) is 24.3 Å². The molecule has 1 aromatic carbocycles. The largest absolute Gasteiger partial charge is 0.461 e. The molecule has 0 saturated heterocycles. The summed E-state index contributed by atoms with van der Waals surface area (Å²) in [5, 5.41) is 12.1. The maximum atomic E-state index is 12.3. The fourth-order valence-corrected chi connectivity index (χ4v) is 2.87. The number of hydrogen-bond donors (Lipinski definition) is 2. The number of benzene rings is 1. The molecule has 0 radical (unpaired) electrons. The number of para-hydroxylation sites is 1. The zero-order valence-electron chi connectivity index (χ0n) is 12.7. The number of carbonyl (C=O) groups excluding carboxylic acids is 1. The Hall–Kier alpha value is -1.36. The van der Waals surface area contributed by atoms with E-state index in [9.17, 15) is 14.5 Å². The monoisotopic (exact) mass is 315 g/mol. The molecule has 2 N–H and O–H groups in total. The third kappa shape index (κ3) is 7.27. The SMILES string of the molecule is C[C@H](NP(C)(=O)Oc1ccccc1)C(=O)OCC(C)(C)O. The lowest BCUT2D eigenvalue weighted by molar-refractivity contribution is -0.151. The van der Waals surface area contributed by atoms with Crippen molar-refractivity contribution in [1.29, 1.82) is 0 Å². The van der Waals surface area contributed by atoms with Gasteiger partial charge in [-0.1, -0.05) is 18.2 Å². The van der Waals surface area contributed by atoms with E-state index < -0.39 is 25.1 Å². The van der Waals surface area contributed by atoms with Crippen LogP contribution >= 0.6 is 7.52 Å². The molecule has 0 saturated carbocycles. The van der Waals surface area contributed by atoms with Gasteiger partial charge in [-0.25, -0.2) is 5.09 Å². The maximum Gasteiger partial charge on any atom is 0.323 e. The Morgan fingerprint density at radius 3 is 2.48 bits per heavy atom. The maximum absolute atomic E-state index is 12.3.